The normalized spacial score (nSPS) is 10.3. The van der Waals surface area contributed by atoms with Crippen molar-refractivity contribution in [3.05, 3.63) is 21.9 Å². The molecule has 1 heterocycles. The van der Waals surface area contributed by atoms with E-state index in [1.54, 1.807) is 11.3 Å². The van der Waals surface area contributed by atoms with Gasteiger partial charge in [-0.1, -0.05) is 0 Å². The van der Waals surface area contributed by atoms with Gasteiger partial charge in [-0.05, 0) is 31.4 Å². The predicted molar refractivity (Wildman–Crippen MR) is 65.5 cm³/mol. The second kappa shape index (κ2) is 6.85. The number of amides is 1. The zero-order chi connectivity index (χ0) is 11.1. The molecule has 1 N–H and O–H groups in total. The number of thiophene rings is 1. The Labute approximate surface area is 99.6 Å². The fourth-order valence-electron chi connectivity index (χ4n) is 1.26. The summed E-state index contributed by atoms with van der Waals surface area (Å²) in [6.07, 6.45) is 3.31. The highest BCUT2D eigenvalue weighted by Gasteiger charge is 2.00. The first-order valence-electron chi connectivity index (χ1n) is 5.10. The second-order valence-electron chi connectivity index (χ2n) is 3.42. The Bertz CT molecular complexity index is 311. The summed E-state index contributed by atoms with van der Waals surface area (Å²) in [6, 6.07) is 4.21. The fraction of sp³-hybridized carbons (Fsp3) is 0.545. The van der Waals surface area contributed by atoms with E-state index in [9.17, 15) is 4.79 Å². The molecule has 1 amide bonds. The zero-order valence-electron chi connectivity index (χ0n) is 8.88. The highest BCUT2D eigenvalue weighted by Crippen LogP contribution is 2.18. The second-order valence-corrected chi connectivity index (χ2v) is 5.05. The number of carbonyl (C=O) groups excluding carboxylic acids is 1. The van der Waals surface area contributed by atoms with Crippen molar-refractivity contribution in [1.82, 2.24) is 5.32 Å². The molecule has 84 valence electrons. The highest BCUT2D eigenvalue weighted by molar-refractivity contribution is 7.11. The van der Waals surface area contributed by atoms with E-state index in [1.165, 1.54) is 16.7 Å². The molecule has 4 heteroatoms. The Morgan fingerprint density at radius 2 is 2.13 bits per heavy atom. The van der Waals surface area contributed by atoms with Gasteiger partial charge in [0, 0.05) is 22.6 Å². The van der Waals surface area contributed by atoms with Crippen LogP contribution in [0.25, 0.3) is 0 Å². The number of hydrogen-bond acceptors (Lipinski definition) is 2. The summed E-state index contributed by atoms with van der Waals surface area (Å²) >= 11 is 7.38. The third-order valence-corrected chi connectivity index (χ3v) is 3.45. The lowest BCUT2D eigenvalue weighted by molar-refractivity contribution is -0.119. The van der Waals surface area contributed by atoms with Gasteiger partial charge in [0.05, 0.1) is 6.54 Å². The predicted octanol–water partition coefficient (Wildman–Crippen LogP) is 2.95. The maximum absolute atomic E-state index is 10.7. The lowest BCUT2D eigenvalue weighted by Crippen LogP contribution is -2.17. The number of aryl methyl sites for hydroxylation is 1. The van der Waals surface area contributed by atoms with Crippen molar-refractivity contribution in [3.8, 4) is 0 Å². The van der Waals surface area contributed by atoms with Crippen LogP contribution in [0, 0.1) is 0 Å². The Hall–Kier alpha value is -0.540. The van der Waals surface area contributed by atoms with Gasteiger partial charge in [-0.3, -0.25) is 4.79 Å². The molecule has 0 spiro atoms. The van der Waals surface area contributed by atoms with Gasteiger partial charge in [-0.25, -0.2) is 0 Å². The molecule has 0 saturated carbocycles. The summed E-state index contributed by atoms with van der Waals surface area (Å²) < 4.78 is 0. The van der Waals surface area contributed by atoms with Crippen molar-refractivity contribution in [2.24, 2.45) is 0 Å². The van der Waals surface area contributed by atoms with Gasteiger partial charge in [0.1, 0.15) is 0 Å². The third kappa shape index (κ3) is 5.19. The Morgan fingerprint density at radius 3 is 2.80 bits per heavy atom. The lowest BCUT2D eigenvalue weighted by atomic mass is 10.2. The maximum atomic E-state index is 10.7. The lowest BCUT2D eigenvalue weighted by Gasteiger charge is -1.97. The van der Waals surface area contributed by atoms with Gasteiger partial charge in [-0.2, -0.15) is 0 Å². The molecule has 0 unspecified atom stereocenters. The van der Waals surface area contributed by atoms with Crippen LogP contribution in [0.3, 0.4) is 0 Å². The van der Waals surface area contributed by atoms with Crippen LogP contribution in [0.4, 0.5) is 0 Å². The topological polar surface area (TPSA) is 29.1 Å². The van der Waals surface area contributed by atoms with E-state index in [4.69, 9.17) is 11.6 Å². The van der Waals surface area contributed by atoms with Crippen LogP contribution in [0.15, 0.2) is 12.1 Å². The van der Waals surface area contributed by atoms with Crippen LogP contribution in [0.1, 0.15) is 29.5 Å². The molecule has 0 aliphatic rings. The Balaban J connectivity index is 2.32. The third-order valence-electron chi connectivity index (χ3n) is 2.04. The van der Waals surface area contributed by atoms with Gasteiger partial charge in [-0.15, -0.1) is 22.9 Å². The number of nitrogens with one attached hydrogen (secondary N) is 1. The van der Waals surface area contributed by atoms with E-state index in [0.717, 1.165) is 25.1 Å². The van der Waals surface area contributed by atoms with Crippen molar-refractivity contribution in [2.75, 3.05) is 5.88 Å². The summed E-state index contributed by atoms with van der Waals surface area (Å²) in [6.45, 7) is 2.19. The monoisotopic (exact) mass is 245 g/mol. The average Bonchev–Trinajstić information content (AvgIpc) is 2.63. The van der Waals surface area contributed by atoms with Crippen LogP contribution < -0.4 is 5.32 Å². The zero-order valence-corrected chi connectivity index (χ0v) is 10.5. The van der Waals surface area contributed by atoms with Crippen LogP contribution in [-0.2, 0) is 17.8 Å². The molecule has 0 radical (unpaired) electrons. The maximum Gasteiger partial charge on any atom is 0.217 e. The molecule has 0 saturated heterocycles. The minimum absolute atomic E-state index is 0.0205. The van der Waals surface area contributed by atoms with Crippen LogP contribution in [-0.4, -0.2) is 11.8 Å². The van der Waals surface area contributed by atoms with E-state index in [-0.39, 0.29) is 5.91 Å². The van der Waals surface area contributed by atoms with E-state index >= 15 is 0 Å². The first kappa shape index (κ1) is 12.5. The van der Waals surface area contributed by atoms with Gasteiger partial charge >= 0.3 is 0 Å². The van der Waals surface area contributed by atoms with Gasteiger partial charge in [0.2, 0.25) is 5.91 Å². The van der Waals surface area contributed by atoms with Crippen LogP contribution in [0.5, 0.6) is 0 Å². The van der Waals surface area contributed by atoms with E-state index in [0.29, 0.717) is 6.54 Å². The van der Waals surface area contributed by atoms with Crippen molar-refractivity contribution in [2.45, 2.75) is 32.7 Å². The summed E-state index contributed by atoms with van der Waals surface area (Å²) in [7, 11) is 0. The van der Waals surface area contributed by atoms with E-state index in [1.807, 2.05) is 0 Å². The molecule has 1 aromatic heterocycles. The standard InChI is InChI=1S/C11H16ClNOS/c1-9(14)13-8-11-6-5-10(15-11)4-2-3-7-12/h5-6H,2-4,7-8H2,1H3,(H,13,14). The average molecular weight is 246 g/mol. The van der Waals surface area contributed by atoms with Crippen LogP contribution in [0.2, 0.25) is 0 Å². The number of hydrogen-bond donors (Lipinski definition) is 1. The molecule has 15 heavy (non-hydrogen) atoms. The van der Waals surface area contributed by atoms with Crippen molar-refractivity contribution >= 4 is 28.8 Å². The number of unbranched alkanes of at least 4 members (excludes halogenated alkanes) is 1. The Kier molecular flexibility index (Phi) is 5.73. The molecule has 0 aliphatic carbocycles. The smallest absolute Gasteiger partial charge is 0.217 e. The molecule has 1 aromatic rings. The molecule has 0 atom stereocenters. The molecule has 0 fully saturated rings. The number of rotatable bonds is 6. The van der Waals surface area contributed by atoms with E-state index in [2.05, 4.69) is 17.4 Å². The summed E-state index contributed by atoms with van der Waals surface area (Å²) in [5.41, 5.74) is 0. The first-order chi connectivity index (χ1) is 7.22. The highest BCUT2D eigenvalue weighted by atomic mass is 35.5. The Morgan fingerprint density at radius 1 is 1.40 bits per heavy atom. The molecular weight excluding hydrogens is 230 g/mol. The van der Waals surface area contributed by atoms with Crippen LogP contribution >= 0.6 is 22.9 Å². The summed E-state index contributed by atoms with van der Waals surface area (Å²) in [4.78, 5) is 13.3. The minimum Gasteiger partial charge on any atom is -0.351 e. The molecule has 0 aromatic carbocycles. The van der Waals surface area contributed by atoms with Crippen molar-refractivity contribution < 1.29 is 4.79 Å². The van der Waals surface area contributed by atoms with Gasteiger partial charge in [0.25, 0.3) is 0 Å². The largest absolute Gasteiger partial charge is 0.351 e. The number of halogens is 1. The summed E-state index contributed by atoms with van der Waals surface area (Å²) in [5.74, 6) is 0.761. The molecule has 0 aliphatic heterocycles. The molecule has 1 rings (SSSR count). The SMILES string of the molecule is CC(=O)NCc1ccc(CCCCCl)s1. The molecule has 2 nitrogen and oxygen atoms in total. The molecular formula is C11H16ClNOS. The number of carbonyl (C=O) groups is 1. The van der Waals surface area contributed by atoms with Crippen molar-refractivity contribution in [1.29, 1.82) is 0 Å². The first-order valence-corrected chi connectivity index (χ1v) is 6.45. The van der Waals surface area contributed by atoms with Gasteiger partial charge < -0.3 is 5.32 Å². The quantitative estimate of drug-likeness (QED) is 0.606. The van der Waals surface area contributed by atoms with E-state index < -0.39 is 0 Å². The number of alkyl halides is 1. The molecule has 0 bridgehead atoms. The fourth-order valence-corrected chi connectivity index (χ4v) is 2.45. The van der Waals surface area contributed by atoms with Gasteiger partial charge in [0.15, 0.2) is 0 Å². The summed E-state index contributed by atoms with van der Waals surface area (Å²) in [5, 5.41) is 2.79. The van der Waals surface area contributed by atoms with Crippen molar-refractivity contribution in [3.63, 3.8) is 0 Å². The minimum atomic E-state index is 0.0205.